The minimum absolute atomic E-state index is 0.00709. The van der Waals surface area contributed by atoms with Crippen LogP contribution in [0.3, 0.4) is 0 Å². The van der Waals surface area contributed by atoms with E-state index in [0.717, 1.165) is 36.5 Å². The number of ether oxygens (including phenoxy) is 1. The first-order chi connectivity index (χ1) is 10.2. The lowest BCUT2D eigenvalue weighted by Gasteiger charge is -2.06. The molecule has 0 aliphatic heterocycles. The van der Waals surface area contributed by atoms with Gasteiger partial charge in [0.2, 0.25) is 5.91 Å². The van der Waals surface area contributed by atoms with Gasteiger partial charge in [0, 0.05) is 30.6 Å². The topological polar surface area (TPSA) is 54.1 Å². The van der Waals surface area contributed by atoms with Gasteiger partial charge in [-0.2, -0.15) is 11.8 Å². The van der Waals surface area contributed by atoms with Crippen molar-refractivity contribution in [3.63, 3.8) is 0 Å². The molecule has 0 saturated carbocycles. The standard InChI is InChI=1S/C16H22N2O2S/c1-12(19)17-7-6-13-11-18-16-5-4-14(10-15(13)16)20-8-3-9-21-2/h4-5,10-11,18H,3,6-9H2,1-2H3,(H,17,19). The van der Waals surface area contributed by atoms with E-state index in [1.165, 1.54) is 17.9 Å². The molecule has 0 atom stereocenters. The molecule has 21 heavy (non-hydrogen) atoms. The summed E-state index contributed by atoms with van der Waals surface area (Å²) < 4.78 is 5.79. The first-order valence-corrected chi connectivity index (χ1v) is 8.56. The number of amides is 1. The molecule has 1 aromatic heterocycles. The van der Waals surface area contributed by atoms with Crippen molar-refractivity contribution in [1.29, 1.82) is 0 Å². The highest BCUT2D eigenvalue weighted by atomic mass is 32.2. The number of carbonyl (C=O) groups excluding carboxylic acids is 1. The fraction of sp³-hybridized carbons (Fsp3) is 0.438. The highest BCUT2D eigenvalue weighted by molar-refractivity contribution is 7.98. The number of H-pyrrole nitrogens is 1. The smallest absolute Gasteiger partial charge is 0.216 e. The maximum absolute atomic E-state index is 10.9. The van der Waals surface area contributed by atoms with Crippen molar-refractivity contribution in [3.8, 4) is 5.75 Å². The van der Waals surface area contributed by atoms with E-state index in [2.05, 4.69) is 22.6 Å². The molecule has 1 amide bonds. The molecule has 0 aliphatic rings. The Kier molecular flexibility index (Phi) is 5.99. The van der Waals surface area contributed by atoms with Crippen LogP contribution in [0.4, 0.5) is 0 Å². The monoisotopic (exact) mass is 306 g/mol. The Morgan fingerprint density at radius 1 is 1.43 bits per heavy atom. The minimum atomic E-state index is 0.00709. The highest BCUT2D eigenvalue weighted by Crippen LogP contribution is 2.24. The summed E-state index contributed by atoms with van der Waals surface area (Å²) in [5, 5.41) is 3.99. The number of hydrogen-bond donors (Lipinski definition) is 2. The van der Waals surface area contributed by atoms with Crippen molar-refractivity contribution < 1.29 is 9.53 Å². The van der Waals surface area contributed by atoms with Gasteiger partial charge >= 0.3 is 0 Å². The van der Waals surface area contributed by atoms with Crippen molar-refractivity contribution in [3.05, 3.63) is 30.0 Å². The summed E-state index contributed by atoms with van der Waals surface area (Å²) in [5.74, 6) is 2.03. The minimum Gasteiger partial charge on any atom is -0.494 e. The third-order valence-electron chi connectivity index (χ3n) is 3.27. The van der Waals surface area contributed by atoms with Crippen LogP contribution in [0.15, 0.2) is 24.4 Å². The molecule has 0 spiro atoms. The zero-order chi connectivity index (χ0) is 15.1. The fourth-order valence-corrected chi connectivity index (χ4v) is 2.63. The number of benzene rings is 1. The summed E-state index contributed by atoms with van der Waals surface area (Å²) in [6.07, 6.45) is 5.98. The number of aromatic nitrogens is 1. The molecular formula is C16H22N2O2S. The summed E-state index contributed by atoms with van der Waals surface area (Å²) in [4.78, 5) is 14.2. The Labute approximate surface area is 129 Å². The van der Waals surface area contributed by atoms with Gasteiger partial charge in [0.25, 0.3) is 0 Å². The van der Waals surface area contributed by atoms with E-state index in [1.54, 1.807) is 0 Å². The molecule has 0 bridgehead atoms. The largest absolute Gasteiger partial charge is 0.494 e. The second-order valence-electron chi connectivity index (χ2n) is 4.95. The molecule has 2 aromatic rings. The van der Waals surface area contributed by atoms with Gasteiger partial charge in [0.15, 0.2) is 0 Å². The summed E-state index contributed by atoms with van der Waals surface area (Å²) >= 11 is 1.84. The van der Waals surface area contributed by atoms with Gasteiger partial charge in [-0.1, -0.05) is 0 Å². The number of hydrogen-bond acceptors (Lipinski definition) is 3. The summed E-state index contributed by atoms with van der Waals surface area (Å²) in [6.45, 7) is 2.94. The lowest BCUT2D eigenvalue weighted by atomic mass is 10.1. The van der Waals surface area contributed by atoms with Crippen LogP contribution in [-0.4, -0.2) is 36.1 Å². The molecule has 0 saturated heterocycles. The Hall–Kier alpha value is -1.62. The molecule has 4 nitrogen and oxygen atoms in total. The van der Waals surface area contributed by atoms with E-state index in [-0.39, 0.29) is 5.91 Å². The number of fused-ring (bicyclic) bond motifs is 1. The van der Waals surface area contributed by atoms with E-state index >= 15 is 0 Å². The average molecular weight is 306 g/mol. The van der Waals surface area contributed by atoms with Gasteiger partial charge in [-0.05, 0) is 48.6 Å². The van der Waals surface area contributed by atoms with Crippen LogP contribution in [0.2, 0.25) is 0 Å². The predicted molar refractivity (Wildman–Crippen MR) is 89.2 cm³/mol. The molecular weight excluding hydrogens is 284 g/mol. The van der Waals surface area contributed by atoms with Crippen LogP contribution in [0.25, 0.3) is 10.9 Å². The van der Waals surface area contributed by atoms with Gasteiger partial charge in [-0.15, -0.1) is 0 Å². The Balaban J connectivity index is 2.00. The quantitative estimate of drug-likeness (QED) is 0.737. The maximum Gasteiger partial charge on any atom is 0.216 e. The molecule has 0 fully saturated rings. The highest BCUT2D eigenvalue weighted by Gasteiger charge is 2.05. The molecule has 0 aliphatic carbocycles. The molecule has 2 rings (SSSR count). The fourth-order valence-electron chi connectivity index (χ4n) is 2.22. The van der Waals surface area contributed by atoms with E-state index in [4.69, 9.17) is 4.74 Å². The lowest BCUT2D eigenvalue weighted by Crippen LogP contribution is -2.22. The van der Waals surface area contributed by atoms with Crippen molar-refractivity contribution in [1.82, 2.24) is 10.3 Å². The predicted octanol–water partition coefficient (Wildman–Crippen LogP) is 2.98. The van der Waals surface area contributed by atoms with Crippen molar-refractivity contribution in [2.24, 2.45) is 0 Å². The lowest BCUT2D eigenvalue weighted by molar-refractivity contribution is -0.118. The molecule has 0 unspecified atom stereocenters. The summed E-state index contributed by atoms with van der Waals surface area (Å²) in [5.41, 5.74) is 2.30. The van der Waals surface area contributed by atoms with Gasteiger partial charge in [-0.3, -0.25) is 4.79 Å². The molecule has 2 N–H and O–H groups in total. The van der Waals surface area contributed by atoms with E-state index in [1.807, 2.05) is 30.1 Å². The van der Waals surface area contributed by atoms with E-state index < -0.39 is 0 Å². The summed E-state index contributed by atoms with van der Waals surface area (Å²) in [6, 6.07) is 6.12. The summed E-state index contributed by atoms with van der Waals surface area (Å²) in [7, 11) is 0. The van der Waals surface area contributed by atoms with Crippen molar-refractivity contribution >= 4 is 28.6 Å². The van der Waals surface area contributed by atoms with Crippen LogP contribution in [0.5, 0.6) is 5.75 Å². The van der Waals surface area contributed by atoms with Crippen molar-refractivity contribution in [2.75, 3.05) is 25.2 Å². The van der Waals surface area contributed by atoms with Crippen LogP contribution in [0.1, 0.15) is 18.9 Å². The molecule has 0 radical (unpaired) electrons. The SMILES string of the molecule is CSCCCOc1ccc2[nH]cc(CCNC(C)=O)c2c1. The Bertz CT molecular complexity index is 595. The van der Waals surface area contributed by atoms with Crippen LogP contribution in [0, 0.1) is 0 Å². The van der Waals surface area contributed by atoms with Gasteiger partial charge in [-0.25, -0.2) is 0 Å². The second-order valence-corrected chi connectivity index (χ2v) is 5.93. The number of thioether (sulfide) groups is 1. The average Bonchev–Trinajstić information content (AvgIpc) is 2.86. The van der Waals surface area contributed by atoms with E-state index in [0.29, 0.717) is 6.54 Å². The third-order valence-corrected chi connectivity index (χ3v) is 3.97. The molecule has 5 heteroatoms. The van der Waals surface area contributed by atoms with Gasteiger partial charge in [0.05, 0.1) is 6.61 Å². The van der Waals surface area contributed by atoms with Gasteiger partial charge in [0.1, 0.15) is 5.75 Å². The third kappa shape index (κ3) is 4.70. The number of aromatic amines is 1. The second kappa shape index (κ2) is 7.98. The Morgan fingerprint density at radius 3 is 3.05 bits per heavy atom. The van der Waals surface area contributed by atoms with Crippen molar-refractivity contribution in [2.45, 2.75) is 19.8 Å². The van der Waals surface area contributed by atoms with Crippen LogP contribution in [-0.2, 0) is 11.2 Å². The zero-order valence-electron chi connectivity index (χ0n) is 12.6. The zero-order valence-corrected chi connectivity index (χ0v) is 13.4. The number of nitrogens with one attached hydrogen (secondary N) is 2. The molecule has 114 valence electrons. The van der Waals surface area contributed by atoms with Gasteiger partial charge < -0.3 is 15.0 Å². The maximum atomic E-state index is 10.9. The first kappa shape index (κ1) is 15.8. The normalized spacial score (nSPS) is 10.8. The number of rotatable bonds is 8. The van der Waals surface area contributed by atoms with E-state index in [9.17, 15) is 4.79 Å². The number of carbonyl (C=O) groups is 1. The van der Waals surface area contributed by atoms with Crippen LogP contribution < -0.4 is 10.1 Å². The van der Waals surface area contributed by atoms with Crippen LogP contribution >= 0.6 is 11.8 Å². The Morgan fingerprint density at radius 2 is 2.29 bits per heavy atom. The first-order valence-electron chi connectivity index (χ1n) is 7.17. The molecule has 1 aromatic carbocycles. The molecule has 1 heterocycles.